The Bertz CT molecular complexity index is 3080. The molecule has 266 valence electrons. The van der Waals surface area contributed by atoms with Crippen LogP contribution in [0.15, 0.2) is 195 Å². The van der Waals surface area contributed by atoms with Crippen LogP contribution in [0.3, 0.4) is 0 Å². The van der Waals surface area contributed by atoms with Crippen LogP contribution >= 0.6 is 0 Å². The van der Waals surface area contributed by atoms with Crippen LogP contribution in [0.1, 0.15) is 30.5 Å². The van der Waals surface area contributed by atoms with E-state index in [0.29, 0.717) is 0 Å². The molecule has 0 aromatic heterocycles. The summed E-state index contributed by atoms with van der Waals surface area (Å²) in [7, 11) is 0. The Morgan fingerprint density at radius 3 is 1.50 bits per heavy atom. The number of benzene rings is 9. The largest absolute Gasteiger partial charge is 0.0990 e. The number of allylic oxidation sites excluding steroid dienone is 6. The molecule has 0 aliphatic carbocycles. The van der Waals surface area contributed by atoms with E-state index in [0.717, 1.165) is 11.1 Å². The molecule has 0 heterocycles. The highest BCUT2D eigenvalue weighted by Gasteiger charge is 2.22. The van der Waals surface area contributed by atoms with Crippen molar-refractivity contribution < 1.29 is 0 Å². The van der Waals surface area contributed by atoms with Gasteiger partial charge in [0.15, 0.2) is 0 Å². The molecular formula is C56H42. The van der Waals surface area contributed by atoms with Gasteiger partial charge in [-0.1, -0.05) is 195 Å². The third-order valence-electron chi connectivity index (χ3n) is 11.2. The van der Waals surface area contributed by atoms with Crippen molar-refractivity contribution in [1.29, 1.82) is 0 Å². The van der Waals surface area contributed by atoms with Crippen molar-refractivity contribution in [2.45, 2.75) is 13.8 Å². The third kappa shape index (κ3) is 5.62. The zero-order valence-corrected chi connectivity index (χ0v) is 31.9. The fraction of sp³-hybridized carbons (Fsp3) is 0.0357. The van der Waals surface area contributed by atoms with Gasteiger partial charge in [-0.15, -0.1) is 0 Å². The van der Waals surface area contributed by atoms with Crippen LogP contribution < -0.4 is 0 Å². The summed E-state index contributed by atoms with van der Waals surface area (Å²) >= 11 is 0. The normalized spacial score (nSPS) is 12.2. The van der Waals surface area contributed by atoms with E-state index in [2.05, 4.69) is 209 Å². The van der Waals surface area contributed by atoms with Gasteiger partial charge in [0, 0.05) is 0 Å². The monoisotopic (exact) mass is 714 g/mol. The zero-order valence-electron chi connectivity index (χ0n) is 31.9. The molecule has 0 saturated carbocycles. The van der Waals surface area contributed by atoms with Crippen LogP contribution in [0.2, 0.25) is 0 Å². The average molecular weight is 715 g/mol. The van der Waals surface area contributed by atoms with Crippen molar-refractivity contribution in [3.63, 3.8) is 0 Å². The Balaban J connectivity index is 1.55. The van der Waals surface area contributed by atoms with Crippen molar-refractivity contribution in [2.24, 2.45) is 0 Å². The first-order chi connectivity index (χ1) is 27.7. The molecule has 9 rings (SSSR count). The van der Waals surface area contributed by atoms with Gasteiger partial charge in [0.25, 0.3) is 0 Å². The lowest BCUT2D eigenvalue weighted by Gasteiger charge is -2.22. The molecule has 0 spiro atoms. The fourth-order valence-corrected chi connectivity index (χ4v) is 8.96. The second-order valence-electron chi connectivity index (χ2n) is 14.3. The maximum atomic E-state index is 4.42. The van der Waals surface area contributed by atoms with Gasteiger partial charge in [-0.3, -0.25) is 0 Å². The van der Waals surface area contributed by atoms with Crippen LogP contribution in [-0.4, -0.2) is 0 Å². The highest BCUT2D eigenvalue weighted by molar-refractivity contribution is 6.34. The Hall–Kier alpha value is -7.02. The summed E-state index contributed by atoms with van der Waals surface area (Å²) in [5.41, 5.74) is 11.8. The molecule has 0 N–H and O–H groups in total. The Morgan fingerprint density at radius 1 is 0.429 bits per heavy atom. The van der Waals surface area contributed by atoms with Gasteiger partial charge in [-0.2, -0.15) is 0 Å². The van der Waals surface area contributed by atoms with Gasteiger partial charge in [0.2, 0.25) is 0 Å². The minimum Gasteiger partial charge on any atom is -0.0990 e. The van der Waals surface area contributed by atoms with E-state index in [1.54, 1.807) is 0 Å². The molecule has 0 aliphatic rings. The van der Waals surface area contributed by atoms with Gasteiger partial charge in [0.1, 0.15) is 0 Å². The number of fused-ring (bicyclic) bond motifs is 9. The van der Waals surface area contributed by atoms with Gasteiger partial charge in [0.05, 0.1) is 0 Å². The van der Waals surface area contributed by atoms with Gasteiger partial charge in [-0.25, -0.2) is 0 Å². The Labute approximate surface area is 329 Å². The van der Waals surface area contributed by atoms with Crippen LogP contribution in [-0.2, 0) is 0 Å². The lowest BCUT2D eigenvalue weighted by atomic mass is 9.80. The van der Waals surface area contributed by atoms with E-state index in [-0.39, 0.29) is 0 Å². The summed E-state index contributed by atoms with van der Waals surface area (Å²) in [5, 5.41) is 12.4. The molecule has 56 heavy (non-hydrogen) atoms. The minimum absolute atomic E-state index is 1.13. The van der Waals surface area contributed by atoms with Crippen molar-refractivity contribution in [2.75, 3.05) is 0 Å². The summed E-state index contributed by atoms with van der Waals surface area (Å²) in [5.74, 6) is 0. The second kappa shape index (κ2) is 14.7. The van der Waals surface area contributed by atoms with Crippen molar-refractivity contribution >= 4 is 71.6 Å². The first kappa shape index (κ1) is 34.7. The smallest absolute Gasteiger partial charge is 0.00199 e. The third-order valence-corrected chi connectivity index (χ3v) is 11.2. The van der Waals surface area contributed by atoms with E-state index in [9.17, 15) is 0 Å². The first-order valence-electron chi connectivity index (χ1n) is 19.4. The zero-order chi connectivity index (χ0) is 38.2. The summed E-state index contributed by atoms with van der Waals surface area (Å²) < 4.78 is 0. The lowest BCUT2D eigenvalue weighted by molar-refractivity contribution is 1.58. The highest BCUT2D eigenvalue weighted by Crippen LogP contribution is 2.49. The molecule has 0 atom stereocenters. The van der Waals surface area contributed by atoms with E-state index in [4.69, 9.17) is 0 Å². The van der Waals surface area contributed by atoms with Gasteiger partial charge in [-0.05, 0) is 135 Å². The molecular weight excluding hydrogens is 673 g/mol. The summed E-state index contributed by atoms with van der Waals surface area (Å²) in [6.45, 7) is 12.7. The van der Waals surface area contributed by atoms with E-state index in [1.165, 1.54) is 98.4 Å². The molecule has 9 aromatic carbocycles. The van der Waals surface area contributed by atoms with Crippen LogP contribution in [0.25, 0.3) is 105 Å². The Kier molecular flexibility index (Phi) is 9.09. The van der Waals surface area contributed by atoms with Crippen LogP contribution in [0.5, 0.6) is 0 Å². The predicted molar refractivity (Wildman–Crippen MR) is 248 cm³/mol. The van der Waals surface area contributed by atoms with Crippen molar-refractivity contribution in [3.05, 3.63) is 212 Å². The maximum Gasteiger partial charge on any atom is -0.00199 e. The molecule has 0 amide bonds. The standard InChI is InChI=1S/C56H42/c1-5-20-37(21-6-2)42-31-32-48-47(54(42)39-25-14-10-15-26-39)34-33-46-43-29-18-19-30-44(43)49-35-51-52(36-50(49)56(46)48)55(40-27-16-11-17-28-40)45(22-7-3)41(8-4)53(51)38-23-12-9-13-24-38/h5-36H,1,4H2,2-3H3/b21-6-,22-7-,37-20+. The van der Waals surface area contributed by atoms with Gasteiger partial charge >= 0.3 is 0 Å². The average Bonchev–Trinajstić information content (AvgIpc) is 3.25. The molecule has 0 saturated heterocycles. The molecule has 0 fully saturated rings. The molecule has 0 heteroatoms. The molecule has 9 aromatic rings. The quantitative estimate of drug-likeness (QED) is 0.0835. The molecule has 0 unspecified atom stereocenters. The summed E-state index contributed by atoms with van der Waals surface area (Å²) in [4.78, 5) is 0. The first-order valence-corrected chi connectivity index (χ1v) is 19.4. The summed E-state index contributed by atoms with van der Waals surface area (Å²) in [6, 6.07) is 55.7. The predicted octanol–water partition coefficient (Wildman–Crippen LogP) is 16.3. The maximum absolute atomic E-state index is 4.42. The van der Waals surface area contributed by atoms with Crippen LogP contribution in [0.4, 0.5) is 0 Å². The SMILES string of the molecule is C=C/C=C(\C=C/C)c1ccc2c(ccc3c4ccccc4c4cc5c(-c6ccccc6)c(C=C)c(/C=C\C)c(-c6ccccc6)c5cc4c23)c1-c1ccccc1. The molecule has 0 bridgehead atoms. The molecule has 0 nitrogen and oxygen atoms in total. The fourth-order valence-electron chi connectivity index (χ4n) is 8.96. The number of hydrogen-bond acceptors (Lipinski definition) is 0. The highest BCUT2D eigenvalue weighted by atomic mass is 14.3. The van der Waals surface area contributed by atoms with Crippen LogP contribution in [0, 0.1) is 0 Å². The minimum atomic E-state index is 1.13. The summed E-state index contributed by atoms with van der Waals surface area (Å²) in [6.07, 6.45) is 14.7. The van der Waals surface area contributed by atoms with Gasteiger partial charge < -0.3 is 0 Å². The number of hydrogen-bond donors (Lipinski definition) is 0. The van der Waals surface area contributed by atoms with E-state index < -0.39 is 0 Å². The number of rotatable bonds is 8. The van der Waals surface area contributed by atoms with Crippen molar-refractivity contribution in [1.82, 2.24) is 0 Å². The lowest BCUT2D eigenvalue weighted by Crippen LogP contribution is -1.97. The van der Waals surface area contributed by atoms with Crippen molar-refractivity contribution in [3.8, 4) is 33.4 Å². The molecule has 0 radical (unpaired) electrons. The van der Waals surface area contributed by atoms with E-state index >= 15 is 0 Å². The Morgan fingerprint density at radius 2 is 0.929 bits per heavy atom. The second-order valence-corrected chi connectivity index (χ2v) is 14.3. The topological polar surface area (TPSA) is 0 Å². The van der Waals surface area contributed by atoms with E-state index in [1.807, 2.05) is 12.2 Å². The molecule has 0 aliphatic heterocycles.